The van der Waals surface area contributed by atoms with Crippen molar-refractivity contribution in [2.45, 2.75) is 24.2 Å². The molecule has 2 aromatic heterocycles. The normalized spacial score (nSPS) is 14.0. The molecule has 0 aliphatic carbocycles. The Bertz CT molecular complexity index is 1970. The third-order valence-electron chi connectivity index (χ3n) is 7.61. The molecule has 1 atom stereocenters. The zero-order valence-corrected chi connectivity index (χ0v) is 27.9. The highest BCUT2D eigenvalue weighted by molar-refractivity contribution is 7.99. The van der Waals surface area contributed by atoms with Crippen LogP contribution in [0.1, 0.15) is 39.1 Å². The van der Waals surface area contributed by atoms with Crippen molar-refractivity contribution in [1.82, 2.24) is 25.1 Å². The van der Waals surface area contributed by atoms with Gasteiger partial charge in [0.2, 0.25) is 0 Å². The van der Waals surface area contributed by atoms with Gasteiger partial charge in [-0.05, 0) is 47.8 Å². The number of hydrogen-bond donors (Lipinski definition) is 1. The van der Waals surface area contributed by atoms with Gasteiger partial charge in [0.15, 0.2) is 22.5 Å². The van der Waals surface area contributed by atoms with Crippen LogP contribution in [0.25, 0.3) is 5.69 Å². The molecular formula is C34H31FN6O5S2. The van der Waals surface area contributed by atoms with Crippen molar-refractivity contribution in [3.05, 3.63) is 112 Å². The van der Waals surface area contributed by atoms with E-state index in [1.165, 1.54) is 35.0 Å². The lowest BCUT2D eigenvalue weighted by Crippen LogP contribution is -2.29. The predicted molar refractivity (Wildman–Crippen MR) is 181 cm³/mol. The van der Waals surface area contributed by atoms with E-state index < -0.39 is 17.8 Å². The van der Waals surface area contributed by atoms with Gasteiger partial charge in [0.25, 0.3) is 11.8 Å². The zero-order chi connectivity index (χ0) is 33.6. The van der Waals surface area contributed by atoms with E-state index in [0.29, 0.717) is 40.3 Å². The molecular weight excluding hydrogens is 656 g/mol. The summed E-state index contributed by atoms with van der Waals surface area (Å²) in [4.78, 5) is 27.8. The summed E-state index contributed by atoms with van der Waals surface area (Å²) in [6, 6.07) is 21.8. The molecule has 3 aromatic carbocycles. The molecule has 0 spiro atoms. The van der Waals surface area contributed by atoms with Crippen molar-refractivity contribution in [2.24, 2.45) is 5.10 Å². The van der Waals surface area contributed by atoms with E-state index in [4.69, 9.17) is 19.3 Å². The molecule has 0 saturated heterocycles. The van der Waals surface area contributed by atoms with Gasteiger partial charge in [0, 0.05) is 17.5 Å². The number of methoxy groups -OCH3 is 3. The van der Waals surface area contributed by atoms with E-state index >= 15 is 0 Å². The minimum atomic E-state index is -0.514. The van der Waals surface area contributed by atoms with Crippen LogP contribution in [-0.4, -0.2) is 64.4 Å². The van der Waals surface area contributed by atoms with Gasteiger partial charge in [0.05, 0.1) is 55.9 Å². The second kappa shape index (κ2) is 14.7. The van der Waals surface area contributed by atoms with Gasteiger partial charge in [-0.25, -0.2) is 9.40 Å². The zero-order valence-electron chi connectivity index (χ0n) is 26.3. The summed E-state index contributed by atoms with van der Waals surface area (Å²) in [7, 11) is 4.69. The van der Waals surface area contributed by atoms with Gasteiger partial charge in [-0.2, -0.15) is 5.10 Å². The van der Waals surface area contributed by atoms with E-state index in [0.717, 1.165) is 22.2 Å². The van der Waals surface area contributed by atoms with E-state index in [1.807, 2.05) is 53.9 Å². The highest BCUT2D eigenvalue weighted by Crippen LogP contribution is 2.42. The number of ether oxygens (including phenoxy) is 3. The minimum Gasteiger partial charge on any atom is -0.495 e. The number of carbonyl (C=O) groups excluding carboxylic acids is 2. The smallest absolute Gasteiger partial charge is 0.253 e. The molecule has 6 rings (SSSR count). The van der Waals surface area contributed by atoms with Gasteiger partial charge >= 0.3 is 0 Å². The third kappa shape index (κ3) is 6.75. The molecule has 48 heavy (non-hydrogen) atoms. The second-order valence-electron chi connectivity index (χ2n) is 10.5. The first-order chi connectivity index (χ1) is 23.4. The number of benzene rings is 3. The third-order valence-corrected chi connectivity index (χ3v) is 9.44. The summed E-state index contributed by atoms with van der Waals surface area (Å²) < 4.78 is 32.4. The molecule has 0 fully saturated rings. The van der Waals surface area contributed by atoms with Crippen molar-refractivity contribution in [3.8, 4) is 22.9 Å². The fourth-order valence-corrected chi connectivity index (χ4v) is 6.93. The number of nitrogens with one attached hydrogen (secondary N) is 1. The van der Waals surface area contributed by atoms with Gasteiger partial charge in [0.1, 0.15) is 11.6 Å². The summed E-state index contributed by atoms with van der Waals surface area (Å²) in [5, 5.41) is 20.2. The van der Waals surface area contributed by atoms with Crippen LogP contribution < -0.4 is 19.5 Å². The van der Waals surface area contributed by atoms with Crippen LogP contribution in [0.3, 0.4) is 0 Å². The average Bonchev–Trinajstić information content (AvgIpc) is 3.89. The Kier molecular flexibility index (Phi) is 10.0. The Morgan fingerprint density at radius 3 is 2.50 bits per heavy atom. The topological polar surface area (TPSA) is 120 Å². The number of halogens is 1. The number of hydrazone groups is 1. The van der Waals surface area contributed by atoms with Crippen molar-refractivity contribution >= 4 is 40.6 Å². The number of rotatable bonds is 12. The average molecular weight is 687 g/mol. The molecule has 14 heteroatoms. The molecule has 1 aliphatic rings. The largest absolute Gasteiger partial charge is 0.495 e. The molecule has 246 valence electrons. The maximum Gasteiger partial charge on any atom is 0.253 e. The highest BCUT2D eigenvalue weighted by Gasteiger charge is 2.36. The van der Waals surface area contributed by atoms with E-state index in [9.17, 15) is 14.0 Å². The highest BCUT2D eigenvalue weighted by atomic mass is 32.2. The summed E-state index contributed by atoms with van der Waals surface area (Å²) >= 11 is 2.74. The molecule has 0 saturated carbocycles. The maximum absolute atomic E-state index is 14.0. The van der Waals surface area contributed by atoms with Gasteiger partial charge in [-0.15, -0.1) is 21.5 Å². The molecule has 1 N–H and O–H groups in total. The molecule has 11 nitrogen and oxygen atoms in total. The number of para-hydroxylation sites is 3. The Hall–Kier alpha value is -5.21. The van der Waals surface area contributed by atoms with Gasteiger partial charge < -0.3 is 19.5 Å². The number of thiophene rings is 1. The van der Waals surface area contributed by atoms with Gasteiger partial charge in [-0.3, -0.25) is 14.2 Å². The first-order valence-electron chi connectivity index (χ1n) is 14.8. The quantitative estimate of drug-likeness (QED) is 0.161. The van der Waals surface area contributed by atoms with Crippen LogP contribution in [0.15, 0.2) is 94.5 Å². The van der Waals surface area contributed by atoms with Crippen LogP contribution >= 0.6 is 23.1 Å². The fourth-order valence-electron chi connectivity index (χ4n) is 5.40. The number of nitrogens with zero attached hydrogens (tertiary/aromatic N) is 5. The van der Waals surface area contributed by atoms with Crippen molar-refractivity contribution in [1.29, 1.82) is 0 Å². The lowest BCUT2D eigenvalue weighted by Gasteiger charge is -2.24. The summed E-state index contributed by atoms with van der Waals surface area (Å²) in [6.07, 6.45) is 0.493. The monoisotopic (exact) mass is 686 g/mol. The number of amides is 2. The second-order valence-corrected chi connectivity index (χ2v) is 12.3. The SMILES string of the molecule is COc1ccccc1-n1c(CNC(=O)c2cccc(F)c2)nnc1SCC(=O)N1N=C(c2cccs2)C[C@@H]1c1cccc(OC)c1OC. The van der Waals surface area contributed by atoms with Gasteiger partial charge in [-0.1, -0.05) is 48.2 Å². The van der Waals surface area contributed by atoms with E-state index in [1.54, 1.807) is 43.3 Å². The first-order valence-corrected chi connectivity index (χ1v) is 16.7. The number of aromatic nitrogens is 3. The van der Waals surface area contributed by atoms with E-state index in [-0.39, 0.29) is 23.8 Å². The number of carbonyl (C=O) groups is 2. The molecule has 0 bridgehead atoms. The van der Waals surface area contributed by atoms with Crippen molar-refractivity contribution in [3.63, 3.8) is 0 Å². The number of thioether (sulfide) groups is 1. The van der Waals surface area contributed by atoms with Crippen molar-refractivity contribution < 1.29 is 28.2 Å². The molecule has 0 unspecified atom stereocenters. The van der Waals surface area contributed by atoms with Crippen LogP contribution in [0, 0.1) is 5.82 Å². The Morgan fingerprint density at radius 1 is 0.958 bits per heavy atom. The lowest BCUT2D eigenvalue weighted by molar-refractivity contribution is -0.130. The van der Waals surface area contributed by atoms with Crippen LogP contribution in [-0.2, 0) is 11.3 Å². The van der Waals surface area contributed by atoms with Crippen LogP contribution in [0.2, 0.25) is 0 Å². The van der Waals surface area contributed by atoms with Crippen LogP contribution in [0.5, 0.6) is 17.2 Å². The Morgan fingerprint density at radius 2 is 1.75 bits per heavy atom. The lowest BCUT2D eigenvalue weighted by atomic mass is 9.99. The minimum absolute atomic E-state index is 0.0206. The summed E-state index contributed by atoms with van der Waals surface area (Å²) in [5.41, 5.74) is 2.37. The summed E-state index contributed by atoms with van der Waals surface area (Å²) in [6.45, 7) is -0.0206. The summed E-state index contributed by atoms with van der Waals surface area (Å²) in [5.74, 6) is 0.767. The molecule has 3 heterocycles. The fraction of sp³-hybridized carbons (Fsp3) is 0.206. The standard InChI is InChI=1S/C34H31FN6O5S2/c1-44-27-13-5-4-12-25(27)40-30(19-36-33(43)21-9-6-10-22(35)17-21)37-38-34(40)48-20-31(42)41-26(18-24(39-41)29-15-8-16-47-29)23-11-7-14-28(45-2)32(23)46-3/h4-17,26H,18-20H2,1-3H3,(H,36,43)/t26-/m1/s1. The Balaban J connectivity index is 1.28. The molecule has 5 aromatic rings. The molecule has 1 aliphatic heterocycles. The Labute approximate surface area is 284 Å². The predicted octanol–water partition coefficient (Wildman–Crippen LogP) is 5.89. The van der Waals surface area contributed by atoms with E-state index in [2.05, 4.69) is 15.5 Å². The number of hydrogen-bond acceptors (Lipinski definition) is 10. The molecule has 2 amide bonds. The first kappa shape index (κ1) is 32.7. The maximum atomic E-state index is 14.0. The molecule has 0 radical (unpaired) electrons. The van der Waals surface area contributed by atoms with Crippen LogP contribution in [0.4, 0.5) is 4.39 Å². The van der Waals surface area contributed by atoms with Crippen molar-refractivity contribution in [2.75, 3.05) is 27.1 Å².